The van der Waals surface area contributed by atoms with Crippen LogP contribution >= 0.6 is 34.8 Å². The highest BCUT2D eigenvalue weighted by Crippen LogP contribution is 2.32. The van der Waals surface area contributed by atoms with Gasteiger partial charge in [-0.2, -0.15) is 0 Å². The summed E-state index contributed by atoms with van der Waals surface area (Å²) < 4.78 is 0. The van der Waals surface area contributed by atoms with Gasteiger partial charge in [0.05, 0.1) is 27.3 Å². The smallest absolute Gasteiger partial charge is 0.243 e. The molecular weight excluding hydrogens is 343 g/mol. The van der Waals surface area contributed by atoms with E-state index >= 15 is 0 Å². The summed E-state index contributed by atoms with van der Waals surface area (Å²) in [4.78, 5) is 12.1. The zero-order chi connectivity index (χ0) is 16.3. The predicted octanol–water partition coefficient (Wildman–Crippen LogP) is 5.31. The lowest BCUT2D eigenvalue weighted by Crippen LogP contribution is -2.22. The fraction of sp³-hybridized carbons (Fsp3) is 0.188. The number of carbonyl (C=O) groups is 1. The van der Waals surface area contributed by atoms with Gasteiger partial charge in [0.15, 0.2) is 0 Å². The minimum atomic E-state index is -0.167. The number of hydrogen-bond donors (Lipinski definition) is 2. The van der Waals surface area contributed by atoms with Crippen LogP contribution in [0.15, 0.2) is 30.3 Å². The molecule has 1 amide bonds. The SMILES string of the molecule is Cc1cccc(C)c1NC(=O)CNc1cc(Cl)c(Cl)cc1Cl. The van der Waals surface area contributed by atoms with Gasteiger partial charge >= 0.3 is 0 Å². The van der Waals surface area contributed by atoms with Crippen LogP contribution in [-0.4, -0.2) is 12.5 Å². The number of para-hydroxylation sites is 1. The van der Waals surface area contributed by atoms with Gasteiger partial charge in [-0.15, -0.1) is 0 Å². The van der Waals surface area contributed by atoms with Crippen LogP contribution in [0.3, 0.4) is 0 Å². The third-order valence-electron chi connectivity index (χ3n) is 3.19. The Hall–Kier alpha value is -1.42. The van der Waals surface area contributed by atoms with Crippen LogP contribution in [0.1, 0.15) is 11.1 Å². The third kappa shape index (κ3) is 4.07. The summed E-state index contributed by atoms with van der Waals surface area (Å²) in [7, 11) is 0. The number of benzene rings is 2. The molecule has 0 aliphatic carbocycles. The second kappa shape index (κ2) is 7.23. The van der Waals surface area contributed by atoms with Gasteiger partial charge in [0, 0.05) is 5.69 Å². The summed E-state index contributed by atoms with van der Waals surface area (Å²) in [5.74, 6) is -0.167. The summed E-state index contributed by atoms with van der Waals surface area (Å²) in [6, 6.07) is 8.99. The fourth-order valence-electron chi connectivity index (χ4n) is 2.03. The standard InChI is InChI=1S/C16H15Cl3N2O/c1-9-4-3-5-10(2)16(9)21-15(22)8-20-14-7-12(18)11(17)6-13(14)19/h3-7,20H,8H2,1-2H3,(H,21,22). The minimum Gasteiger partial charge on any atom is -0.375 e. The maximum absolute atomic E-state index is 12.1. The van der Waals surface area contributed by atoms with Crippen LogP contribution in [0.4, 0.5) is 11.4 Å². The lowest BCUT2D eigenvalue weighted by molar-refractivity contribution is -0.114. The first kappa shape index (κ1) is 16.9. The molecule has 0 aliphatic rings. The van der Waals surface area contributed by atoms with Gasteiger partial charge in [0.25, 0.3) is 0 Å². The Morgan fingerprint density at radius 2 is 1.59 bits per heavy atom. The highest BCUT2D eigenvalue weighted by molar-refractivity contribution is 6.44. The highest BCUT2D eigenvalue weighted by Gasteiger charge is 2.10. The number of amides is 1. The van der Waals surface area contributed by atoms with Crippen LogP contribution in [-0.2, 0) is 4.79 Å². The van der Waals surface area contributed by atoms with Crippen molar-refractivity contribution >= 4 is 52.1 Å². The second-order valence-corrected chi connectivity index (χ2v) is 6.14. The van der Waals surface area contributed by atoms with Crippen molar-refractivity contribution in [3.8, 4) is 0 Å². The average molecular weight is 358 g/mol. The Kier molecular flexibility index (Phi) is 5.57. The van der Waals surface area contributed by atoms with E-state index in [1.807, 2.05) is 32.0 Å². The van der Waals surface area contributed by atoms with Crippen LogP contribution in [0, 0.1) is 13.8 Å². The van der Waals surface area contributed by atoms with E-state index in [2.05, 4.69) is 10.6 Å². The normalized spacial score (nSPS) is 10.4. The van der Waals surface area contributed by atoms with E-state index in [0.29, 0.717) is 20.8 Å². The molecule has 0 saturated carbocycles. The lowest BCUT2D eigenvalue weighted by Gasteiger charge is -2.13. The molecule has 0 spiro atoms. The van der Waals surface area contributed by atoms with Crippen LogP contribution in [0.2, 0.25) is 15.1 Å². The van der Waals surface area contributed by atoms with Crippen molar-refractivity contribution in [2.75, 3.05) is 17.2 Å². The van der Waals surface area contributed by atoms with Crippen molar-refractivity contribution in [3.05, 3.63) is 56.5 Å². The van der Waals surface area contributed by atoms with Crippen LogP contribution < -0.4 is 10.6 Å². The van der Waals surface area contributed by atoms with E-state index in [0.717, 1.165) is 16.8 Å². The molecule has 6 heteroatoms. The molecule has 22 heavy (non-hydrogen) atoms. The van der Waals surface area contributed by atoms with Crippen molar-refractivity contribution in [3.63, 3.8) is 0 Å². The molecule has 0 aliphatic heterocycles. The van der Waals surface area contributed by atoms with Gasteiger partial charge in [-0.3, -0.25) is 4.79 Å². The number of aryl methyl sites for hydroxylation is 2. The molecule has 0 saturated heterocycles. The Labute approximate surface area is 144 Å². The molecule has 0 aromatic heterocycles. The zero-order valence-corrected chi connectivity index (χ0v) is 14.4. The zero-order valence-electron chi connectivity index (χ0n) is 12.1. The molecule has 2 aromatic carbocycles. The Morgan fingerprint density at radius 3 is 2.23 bits per heavy atom. The van der Waals surface area contributed by atoms with Gasteiger partial charge in [-0.1, -0.05) is 53.0 Å². The Balaban J connectivity index is 2.03. The van der Waals surface area contributed by atoms with Crippen LogP contribution in [0.5, 0.6) is 0 Å². The molecule has 0 radical (unpaired) electrons. The van der Waals surface area contributed by atoms with E-state index < -0.39 is 0 Å². The van der Waals surface area contributed by atoms with Crippen molar-refractivity contribution in [1.29, 1.82) is 0 Å². The van der Waals surface area contributed by atoms with Crippen LogP contribution in [0.25, 0.3) is 0 Å². The van der Waals surface area contributed by atoms with E-state index in [9.17, 15) is 4.79 Å². The number of nitrogens with one attached hydrogen (secondary N) is 2. The maximum Gasteiger partial charge on any atom is 0.243 e. The second-order valence-electron chi connectivity index (χ2n) is 4.91. The molecule has 116 valence electrons. The predicted molar refractivity (Wildman–Crippen MR) is 94.5 cm³/mol. The van der Waals surface area contributed by atoms with Crippen molar-refractivity contribution in [1.82, 2.24) is 0 Å². The largest absolute Gasteiger partial charge is 0.375 e. The Morgan fingerprint density at radius 1 is 1.00 bits per heavy atom. The first-order chi connectivity index (χ1) is 10.4. The van der Waals surface area contributed by atoms with E-state index in [1.165, 1.54) is 6.07 Å². The molecule has 0 heterocycles. The molecule has 3 nitrogen and oxygen atoms in total. The number of anilines is 2. The summed E-state index contributed by atoms with van der Waals surface area (Å²) in [5, 5.41) is 7.01. The van der Waals surface area contributed by atoms with Gasteiger partial charge in [0.1, 0.15) is 0 Å². The average Bonchev–Trinajstić information content (AvgIpc) is 2.45. The first-order valence-corrected chi connectivity index (χ1v) is 7.76. The molecule has 0 bridgehead atoms. The number of carbonyl (C=O) groups excluding carboxylic acids is 1. The minimum absolute atomic E-state index is 0.0749. The van der Waals surface area contributed by atoms with Crippen molar-refractivity contribution in [2.24, 2.45) is 0 Å². The topological polar surface area (TPSA) is 41.1 Å². The molecule has 2 aromatic rings. The summed E-state index contributed by atoms with van der Waals surface area (Å²) >= 11 is 17.9. The van der Waals surface area contributed by atoms with E-state index in [4.69, 9.17) is 34.8 Å². The number of halogens is 3. The monoisotopic (exact) mass is 356 g/mol. The van der Waals surface area contributed by atoms with Gasteiger partial charge in [0.2, 0.25) is 5.91 Å². The quantitative estimate of drug-likeness (QED) is 0.728. The molecule has 0 unspecified atom stereocenters. The van der Waals surface area contributed by atoms with Gasteiger partial charge in [-0.25, -0.2) is 0 Å². The fourth-order valence-corrected chi connectivity index (χ4v) is 2.64. The molecular formula is C16H15Cl3N2O. The molecule has 0 atom stereocenters. The third-order valence-corrected chi connectivity index (χ3v) is 4.23. The summed E-state index contributed by atoms with van der Waals surface area (Å²) in [6.07, 6.45) is 0. The van der Waals surface area contributed by atoms with Crippen molar-refractivity contribution in [2.45, 2.75) is 13.8 Å². The molecule has 0 fully saturated rings. The van der Waals surface area contributed by atoms with E-state index in [-0.39, 0.29) is 12.5 Å². The first-order valence-electron chi connectivity index (χ1n) is 6.63. The van der Waals surface area contributed by atoms with Gasteiger partial charge in [-0.05, 0) is 37.1 Å². The van der Waals surface area contributed by atoms with Gasteiger partial charge < -0.3 is 10.6 Å². The molecule has 2 N–H and O–H groups in total. The number of rotatable bonds is 4. The Bertz CT molecular complexity index is 697. The summed E-state index contributed by atoms with van der Waals surface area (Å²) in [5.41, 5.74) is 3.42. The number of hydrogen-bond acceptors (Lipinski definition) is 2. The maximum atomic E-state index is 12.1. The van der Waals surface area contributed by atoms with Crippen molar-refractivity contribution < 1.29 is 4.79 Å². The highest BCUT2D eigenvalue weighted by atomic mass is 35.5. The lowest BCUT2D eigenvalue weighted by atomic mass is 10.1. The van der Waals surface area contributed by atoms with E-state index in [1.54, 1.807) is 6.07 Å². The summed E-state index contributed by atoms with van der Waals surface area (Å²) in [6.45, 7) is 3.98. The molecule has 2 rings (SSSR count).